The van der Waals surface area contributed by atoms with Crippen LogP contribution in [-0.4, -0.2) is 42.9 Å². The summed E-state index contributed by atoms with van der Waals surface area (Å²) in [6, 6.07) is 2.20. The molecule has 0 saturated carbocycles. The summed E-state index contributed by atoms with van der Waals surface area (Å²) in [4.78, 5) is 10.5. The van der Waals surface area contributed by atoms with E-state index < -0.39 is 0 Å². The van der Waals surface area contributed by atoms with Gasteiger partial charge in [-0.25, -0.2) is 14.5 Å². The van der Waals surface area contributed by atoms with Gasteiger partial charge in [-0.15, -0.1) is 11.3 Å². The minimum Gasteiger partial charge on any atom is -0.493 e. The molecule has 5 rings (SSSR count). The highest BCUT2D eigenvalue weighted by molar-refractivity contribution is 7.15. The zero-order valence-corrected chi connectivity index (χ0v) is 17.5. The molecular weight excluding hydrogens is 386 g/mol. The number of pyridine rings is 1. The van der Waals surface area contributed by atoms with Crippen LogP contribution in [0.5, 0.6) is 5.75 Å². The average Bonchev–Trinajstić information content (AvgIpc) is 3.42. The van der Waals surface area contributed by atoms with Gasteiger partial charge in [-0.3, -0.25) is 5.10 Å². The van der Waals surface area contributed by atoms with Crippen LogP contribution >= 0.6 is 11.3 Å². The maximum absolute atomic E-state index is 6.15. The van der Waals surface area contributed by atoms with Crippen molar-refractivity contribution in [2.24, 2.45) is 5.73 Å². The van der Waals surface area contributed by atoms with Crippen LogP contribution in [0.15, 0.2) is 18.6 Å². The first-order chi connectivity index (χ1) is 14.0. The number of hydrogen-bond acceptors (Lipinski definition) is 7. The van der Waals surface area contributed by atoms with Crippen LogP contribution in [0, 0.1) is 0 Å². The van der Waals surface area contributed by atoms with E-state index in [1.165, 1.54) is 16.9 Å². The number of nitrogens with zero attached hydrogens (tertiary/aromatic N) is 5. The number of aryl methyl sites for hydroxylation is 1. The Morgan fingerprint density at radius 2 is 2.24 bits per heavy atom. The highest BCUT2D eigenvalue weighted by Crippen LogP contribution is 2.40. The average molecular weight is 410 g/mol. The predicted molar refractivity (Wildman–Crippen MR) is 112 cm³/mol. The molecule has 0 spiro atoms. The standard InChI is InChI=1S/C20H23N7OS/c1-10(2)16-17(11-6-14(28-3)19-22-9-23-27(19)8-11)25-26-18(16)20-24-13-5-4-12(21)7-15(13)29-20/h6,8-10,12H,4-5,7,21H2,1-3H3,(H,25,26)/t12-/m1/s1. The molecule has 0 aromatic carbocycles. The quantitative estimate of drug-likeness (QED) is 0.536. The Balaban J connectivity index is 1.64. The third kappa shape index (κ3) is 3.01. The van der Waals surface area contributed by atoms with Gasteiger partial charge in [-0.05, 0) is 31.2 Å². The molecule has 4 heterocycles. The summed E-state index contributed by atoms with van der Waals surface area (Å²) in [5.41, 5.74) is 12.0. The van der Waals surface area contributed by atoms with E-state index in [0.29, 0.717) is 11.4 Å². The maximum atomic E-state index is 6.15. The second kappa shape index (κ2) is 6.93. The van der Waals surface area contributed by atoms with Crippen molar-refractivity contribution in [3.05, 3.63) is 34.7 Å². The molecular formula is C20H23N7OS. The largest absolute Gasteiger partial charge is 0.493 e. The van der Waals surface area contributed by atoms with Gasteiger partial charge in [-0.1, -0.05) is 13.8 Å². The van der Waals surface area contributed by atoms with Crippen LogP contribution in [0.3, 0.4) is 0 Å². The van der Waals surface area contributed by atoms with Crippen LogP contribution in [0.25, 0.3) is 27.6 Å². The molecule has 0 radical (unpaired) electrons. The van der Waals surface area contributed by atoms with Gasteiger partial charge in [0.05, 0.1) is 18.5 Å². The summed E-state index contributed by atoms with van der Waals surface area (Å²) < 4.78 is 7.25. The monoisotopic (exact) mass is 409 g/mol. The second-order valence-electron chi connectivity index (χ2n) is 7.73. The molecule has 1 aliphatic rings. The lowest BCUT2D eigenvalue weighted by Crippen LogP contribution is -2.26. The fraction of sp³-hybridized carbons (Fsp3) is 0.400. The maximum Gasteiger partial charge on any atom is 0.197 e. The van der Waals surface area contributed by atoms with E-state index in [-0.39, 0.29) is 12.0 Å². The van der Waals surface area contributed by atoms with Gasteiger partial charge >= 0.3 is 0 Å². The molecule has 0 bridgehead atoms. The highest BCUT2D eigenvalue weighted by Gasteiger charge is 2.26. The Hall–Kier alpha value is -2.78. The lowest BCUT2D eigenvalue weighted by atomic mass is 9.97. The van der Waals surface area contributed by atoms with Crippen LogP contribution < -0.4 is 10.5 Å². The fourth-order valence-corrected chi connectivity index (χ4v) is 5.18. The number of H-pyrrole nitrogens is 1. The number of methoxy groups -OCH3 is 1. The molecule has 0 saturated heterocycles. The van der Waals surface area contributed by atoms with E-state index in [4.69, 9.17) is 15.5 Å². The SMILES string of the molecule is COc1cc(-c2[nH]nc(-c3nc4c(s3)C[C@H](N)CC4)c2C(C)C)cn2ncnc12. The van der Waals surface area contributed by atoms with Gasteiger partial charge in [0.15, 0.2) is 11.4 Å². The molecule has 1 atom stereocenters. The Kier molecular flexibility index (Phi) is 4.36. The first kappa shape index (κ1) is 18.3. The summed E-state index contributed by atoms with van der Waals surface area (Å²) in [5.74, 6) is 0.934. The van der Waals surface area contributed by atoms with Gasteiger partial charge < -0.3 is 10.5 Å². The first-order valence-electron chi connectivity index (χ1n) is 9.75. The second-order valence-corrected chi connectivity index (χ2v) is 8.82. The normalized spacial score (nSPS) is 16.5. The number of nitrogens with two attached hydrogens (primary N) is 1. The highest BCUT2D eigenvalue weighted by atomic mass is 32.1. The van der Waals surface area contributed by atoms with Crippen molar-refractivity contribution in [2.45, 2.75) is 45.1 Å². The number of nitrogens with one attached hydrogen (secondary N) is 1. The molecule has 4 aromatic heterocycles. The van der Waals surface area contributed by atoms with Crippen molar-refractivity contribution in [2.75, 3.05) is 7.11 Å². The lowest BCUT2D eigenvalue weighted by Gasteiger charge is -2.15. The van der Waals surface area contributed by atoms with Gasteiger partial charge in [0.2, 0.25) is 0 Å². The molecule has 9 heteroatoms. The minimum absolute atomic E-state index is 0.233. The number of hydrogen-bond donors (Lipinski definition) is 2. The Bertz CT molecular complexity index is 1190. The molecule has 0 aliphatic heterocycles. The van der Waals surface area contributed by atoms with E-state index in [2.05, 4.69) is 34.1 Å². The molecule has 4 aromatic rings. The number of ether oxygens (including phenoxy) is 1. The van der Waals surface area contributed by atoms with Crippen LogP contribution in [-0.2, 0) is 12.8 Å². The van der Waals surface area contributed by atoms with Gasteiger partial charge in [0, 0.05) is 28.2 Å². The summed E-state index contributed by atoms with van der Waals surface area (Å²) in [7, 11) is 1.64. The van der Waals surface area contributed by atoms with Crippen LogP contribution in [0.2, 0.25) is 0 Å². The zero-order chi connectivity index (χ0) is 20.1. The predicted octanol–water partition coefficient (Wildman–Crippen LogP) is 3.19. The van der Waals surface area contributed by atoms with Crippen molar-refractivity contribution in [1.29, 1.82) is 0 Å². The van der Waals surface area contributed by atoms with Crippen molar-refractivity contribution in [3.8, 4) is 27.7 Å². The molecule has 1 aliphatic carbocycles. The zero-order valence-electron chi connectivity index (χ0n) is 16.6. The molecule has 8 nitrogen and oxygen atoms in total. The third-order valence-corrected chi connectivity index (χ3v) is 6.54. The van der Waals surface area contributed by atoms with Crippen molar-refractivity contribution in [3.63, 3.8) is 0 Å². The summed E-state index contributed by atoms with van der Waals surface area (Å²) in [6.07, 6.45) is 6.31. The Morgan fingerprint density at radius 1 is 1.38 bits per heavy atom. The van der Waals surface area contributed by atoms with Gasteiger partial charge in [0.1, 0.15) is 17.0 Å². The van der Waals surface area contributed by atoms with Crippen LogP contribution in [0.1, 0.15) is 42.3 Å². The van der Waals surface area contributed by atoms with Crippen LogP contribution in [0.4, 0.5) is 0 Å². The van der Waals surface area contributed by atoms with Gasteiger partial charge in [0.25, 0.3) is 0 Å². The smallest absolute Gasteiger partial charge is 0.197 e. The third-order valence-electron chi connectivity index (χ3n) is 5.41. The number of thiazole rings is 1. The molecule has 0 fully saturated rings. The van der Waals surface area contributed by atoms with E-state index >= 15 is 0 Å². The number of aromatic nitrogens is 6. The minimum atomic E-state index is 0.233. The van der Waals surface area contributed by atoms with Crippen molar-refractivity contribution in [1.82, 2.24) is 29.8 Å². The van der Waals surface area contributed by atoms with Gasteiger partial charge in [-0.2, -0.15) is 10.2 Å². The number of rotatable bonds is 4. The van der Waals surface area contributed by atoms with E-state index in [1.54, 1.807) is 23.0 Å². The number of aromatic amines is 1. The summed E-state index contributed by atoms with van der Waals surface area (Å²) >= 11 is 1.72. The molecule has 29 heavy (non-hydrogen) atoms. The Labute approximate surface area is 172 Å². The van der Waals surface area contributed by atoms with E-state index in [0.717, 1.165) is 46.8 Å². The summed E-state index contributed by atoms with van der Waals surface area (Å²) in [5, 5.41) is 13.2. The molecule has 150 valence electrons. The fourth-order valence-electron chi connectivity index (χ4n) is 3.98. The van der Waals surface area contributed by atoms with E-state index in [9.17, 15) is 0 Å². The molecule has 0 unspecified atom stereocenters. The van der Waals surface area contributed by atoms with Crippen molar-refractivity contribution < 1.29 is 4.74 Å². The topological polar surface area (TPSA) is 107 Å². The van der Waals surface area contributed by atoms with Crippen molar-refractivity contribution >= 4 is 17.0 Å². The molecule has 3 N–H and O–H groups in total. The lowest BCUT2D eigenvalue weighted by molar-refractivity contribution is 0.416. The first-order valence-corrected chi connectivity index (χ1v) is 10.6. The summed E-state index contributed by atoms with van der Waals surface area (Å²) in [6.45, 7) is 4.35. The Morgan fingerprint density at radius 3 is 3.03 bits per heavy atom. The number of fused-ring (bicyclic) bond motifs is 2. The molecule has 0 amide bonds. The van der Waals surface area contributed by atoms with E-state index in [1.807, 2.05) is 12.3 Å².